The predicted octanol–water partition coefficient (Wildman–Crippen LogP) is 4.37. The molecule has 0 aliphatic heterocycles. The highest BCUT2D eigenvalue weighted by molar-refractivity contribution is 7.99. The Balaban J connectivity index is 1.51. The summed E-state index contributed by atoms with van der Waals surface area (Å²) in [5.41, 5.74) is 1.66. The van der Waals surface area contributed by atoms with Crippen molar-refractivity contribution >= 4 is 35.0 Å². The van der Waals surface area contributed by atoms with Crippen LogP contribution >= 0.6 is 23.4 Å². The van der Waals surface area contributed by atoms with Gasteiger partial charge >= 0.3 is 0 Å². The lowest BCUT2D eigenvalue weighted by Gasteiger charge is -2.12. The summed E-state index contributed by atoms with van der Waals surface area (Å²) in [5.74, 6) is 1.28. The molecule has 1 amide bonds. The van der Waals surface area contributed by atoms with Crippen molar-refractivity contribution in [2.75, 3.05) is 18.2 Å². The van der Waals surface area contributed by atoms with Crippen molar-refractivity contribution in [3.05, 3.63) is 89.5 Å². The number of rotatable bonds is 8. The molecule has 4 rings (SSSR count). The molecule has 1 N–H and O–H groups in total. The van der Waals surface area contributed by atoms with E-state index in [-0.39, 0.29) is 11.7 Å². The number of methoxy groups -OCH3 is 1. The van der Waals surface area contributed by atoms with Crippen molar-refractivity contribution in [1.82, 2.24) is 19.5 Å². The molecule has 4 aromatic rings. The van der Waals surface area contributed by atoms with E-state index in [0.717, 1.165) is 11.4 Å². The van der Waals surface area contributed by atoms with Gasteiger partial charge in [-0.1, -0.05) is 53.7 Å². The number of hydrogen-bond acceptors (Lipinski definition) is 5. The fourth-order valence-electron chi connectivity index (χ4n) is 3.06. The molecule has 31 heavy (non-hydrogen) atoms. The van der Waals surface area contributed by atoms with E-state index in [4.69, 9.17) is 16.3 Å². The predicted molar refractivity (Wildman–Crippen MR) is 122 cm³/mol. The number of carbonyl (C=O) groups excluding carboxylic acids is 1. The maximum Gasteiger partial charge on any atom is 0.234 e. The molecular formula is C22H20ClN5O2S. The van der Waals surface area contributed by atoms with Crippen LogP contribution in [0.5, 0.6) is 5.75 Å². The number of hydrogen-bond donors (Lipinski definition) is 1. The lowest BCUT2D eigenvalue weighted by Crippen LogP contribution is -2.17. The van der Waals surface area contributed by atoms with Crippen LogP contribution in [0.3, 0.4) is 0 Å². The summed E-state index contributed by atoms with van der Waals surface area (Å²) in [6.07, 6.45) is 4.45. The maximum atomic E-state index is 12.6. The number of aromatic nitrogens is 4. The van der Waals surface area contributed by atoms with Crippen LogP contribution in [0, 0.1) is 0 Å². The first-order valence-electron chi connectivity index (χ1n) is 9.52. The third-order valence-electron chi connectivity index (χ3n) is 4.47. The SMILES string of the molecule is COc1ccc(Cl)cc1NC(=O)CSc1nnc(Cc2ccccc2)n1-n1cccc1. The molecule has 7 nitrogen and oxygen atoms in total. The van der Waals surface area contributed by atoms with Gasteiger partial charge in [-0.05, 0) is 35.9 Å². The molecule has 2 aromatic carbocycles. The Morgan fingerprint density at radius 2 is 1.87 bits per heavy atom. The van der Waals surface area contributed by atoms with Gasteiger partial charge in [0.25, 0.3) is 0 Å². The number of benzene rings is 2. The quantitative estimate of drug-likeness (QED) is 0.401. The van der Waals surface area contributed by atoms with Gasteiger partial charge < -0.3 is 10.1 Å². The molecular weight excluding hydrogens is 434 g/mol. The Hall–Kier alpha value is -3.23. The second-order valence-corrected chi connectivity index (χ2v) is 8.00. The van der Waals surface area contributed by atoms with Crippen LogP contribution in [0.2, 0.25) is 5.02 Å². The number of nitrogens with one attached hydrogen (secondary N) is 1. The molecule has 0 saturated heterocycles. The Morgan fingerprint density at radius 3 is 2.61 bits per heavy atom. The van der Waals surface area contributed by atoms with Crippen LogP contribution in [0.25, 0.3) is 0 Å². The van der Waals surface area contributed by atoms with Gasteiger partial charge in [-0.15, -0.1) is 10.2 Å². The second-order valence-electron chi connectivity index (χ2n) is 6.62. The minimum absolute atomic E-state index is 0.153. The molecule has 2 heterocycles. The summed E-state index contributed by atoms with van der Waals surface area (Å²) in [4.78, 5) is 12.6. The highest BCUT2D eigenvalue weighted by atomic mass is 35.5. The molecule has 0 aliphatic carbocycles. The van der Waals surface area contributed by atoms with E-state index in [2.05, 4.69) is 15.5 Å². The van der Waals surface area contributed by atoms with Crippen LogP contribution in [-0.4, -0.2) is 38.3 Å². The maximum absolute atomic E-state index is 12.6. The topological polar surface area (TPSA) is 74.0 Å². The number of amides is 1. The second kappa shape index (κ2) is 9.72. The average molecular weight is 454 g/mol. The molecule has 2 aromatic heterocycles. The number of carbonyl (C=O) groups is 1. The van der Waals surface area contributed by atoms with Crippen molar-refractivity contribution in [3.63, 3.8) is 0 Å². The van der Waals surface area contributed by atoms with Gasteiger partial charge in [0.15, 0.2) is 5.82 Å². The van der Waals surface area contributed by atoms with Gasteiger partial charge in [-0.3, -0.25) is 9.47 Å². The molecule has 0 aliphatic rings. The highest BCUT2D eigenvalue weighted by Crippen LogP contribution is 2.28. The largest absolute Gasteiger partial charge is 0.495 e. The summed E-state index contributed by atoms with van der Waals surface area (Å²) >= 11 is 7.35. The standard InChI is InChI=1S/C22H20ClN5O2S/c1-30-19-10-9-17(23)14-18(19)24-21(29)15-31-22-26-25-20(13-16-7-3-2-4-8-16)28(22)27-11-5-6-12-27/h2-12,14H,13,15H2,1H3,(H,24,29). The molecule has 0 fully saturated rings. The molecule has 0 atom stereocenters. The van der Waals surface area contributed by atoms with Crippen molar-refractivity contribution in [2.45, 2.75) is 11.6 Å². The number of anilines is 1. The molecule has 158 valence electrons. The smallest absolute Gasteiger partial charge is 0.234 e. The van der Waals surface area contributed by atoms with Gasteiger partial charge in [0.1, 0.15) is 5.75 Å². The fourth-order valence-corrected chi connectivity index (χ4v) is 3.98. The summed E-state index contributed by atoms with van der Waals surface area (Å²) in [5, 5.41) is 12.7. The van der Waals surface area contributed by atoms with Crippen LogP contribution in [0.15, 0.2) is 78.2 Å². The van der Waals surface area contributed by atoms with Crippen LogP contribution in [0.1, 0.15) is 11.4 Å². The minimum atomic E-state index is -0.197. The molecule has 9 heteroatoms. The van der Waals surface area contributed by atoms with E-state index in [9.17, 15) is 4.79 Å². The van der Waals surface area contributed by atoms with Gasteiger partial charge in [0.2, 0.25) is 11.1 Å². The first-order chi connectivity index (χ1) is 15.1. The lowest BCUT2D eigenvalue weighted by atomic mass is 10.1. The Labute approximate surface area is 189 Å². The number of thioether (sulfide) groups is 1. The first-order valence-corrected chi connectivity index (χ1v) is 10.9. The van der Waals surface area contributed by atoms with E-state index in [0.29, 0.717) is 28.0 Å². The zero-order valence-electron chi connectivity index (χ0n) is 16.7. The third-order valence-corrected chi connectivity index (χ3v) is 5.62. The van der Waals surface area contributed by atoms with Gasteiger partial charge in [-0.2, -0.15) is 0 Å². The zero-order valence-corrected chi connectivity index (χ0v) is 18.3. The third kappa shape index (κ3) is 5.10. The monoisotopic (exact) mass is 453 g/mol. The summed E-state index contributed by atoms with van der Waals surface area (Å²) in [6, 6.07) is 19.0. The van der Waals surface area contributed by atoms with E-state index in [1.165, 1.54) is 11.8 Å². The summed E-state index contributed by atoms with van der Waals surface area (Å²) in [7, 11) is 1.54. The van der Waals surface area contributed by atoms with E-state index < -0.39 is 0 Å². The number of nitrogens with zero attached hydrogens (tertiary/aromatic N) is 4. The van der Waals surface area contributed by atoms with Crippen molar-refractivity contribution < 1.29 is 9.53 Å². The Bertz CT molecular complexity index is 1160. The number of halogens is 1. The van der Waals surface area contributed by atoms with Crippen LogP contribution < -0.4 is 10.1 Å². The van der Waals surface area contributed by atoms with E-state index in [1.54, 1.807) is 25.3 Å². The van der Waals surface area contributed by atoms with Gasteiger partial charge in [0, 0.05) is 23.8 Å². The van der Waals surface area contributed by atoms with Crippen molar-refractivity contribution in [3.8, 4) is 5.75 Å². The van der Waals surface area contributed by atoms with Gasteiger partial charge in [-0.25, -0.2) is 4.68 Å². The molecule has 0 saturated carbocycles. The van der Waals surface area contributed by atoms with Gasteiger partial charge in [0.05, 0.1) is 18.6 Å². The average Bonchev–Trinajstić information content (AvgIpc) is 3.43. The van der Waals surface area contributed by atoms with E-state index in [1.807, 2.05) is 64.2 Å². The molecule has 0 unspecified atom stereocenters. The summed E-state index contributed by atoms with van der Waals surface area (Å²) in [6.45, 7) is 0. The Morgan fingerprint density at radius 1 is 1.10 bits per heavy atom. The normalized spacial score (nSPS) is 10.8. The first kappa shape index (κ1) is 21.0. The fraction of sp³-hybridized carbons (Fsp3) is 0.136. The zero-order chi connectivity index (χ0) is 21.6. The highest BCUT2D eigenvalue weighted by Gasteiger charge is 2.17. The Kier molecular flexibility index (Phi) is 6.59. The molecule has 0 radical (unpaired) electrons. The van der Waals surface area contributed by atoms with Crippen LogP contribution in [-0.2, 0) is 11.2 Å². The number of ether oxygens (including phenoxy) is 1. The van der Waals surface area contributed by atoms with Crippen molar-refractivity contribution in [2.24, 2.45) is 0 Å². The van der Waals surface area contributed by atoms with E-state index >= 15 is 0 Å². The minimum Gasteiger partial charge on any atom is -0.495 e. The van der Waals surface area contributed by atoms with Crippen LogP contribution in [0.4, 0.5) is 5.69 Å². The van der Waals surface area contributed by atoms with Crippen molar-refractivity contribution in [1.29, 1.82) is 0 Å². The summed E-state index contributed by atoms with van der Waals surface area (Å²) < 4.78 is 9.09. The molecule has 0 bridgehead atoms. The molecule has 0 spiro atoms. The lowest BCUT2D eigenvalue weighted by molar-refractivity contribution is -0.113.